The standard InChI is InChI=1S/C36H36BrCl2N3O4S/c1-25-11-17-33(18-12-25)47(45,46)42(32-21-29(38)20-30(39)22-32)24-35(43)41(23-27-13-15-28(37)16-14-27)34(19-26-7-3-2-4-8-26)36(44)40-31-9-5-6-10-31/h2-4,7-8,11-18,20-22,31,34H,5-6,9-10,19,23-24H2,1H3,(H,40,44)/t34-/m0/s1. The predicted octanol–water partition coefficient (Wildman–Crippen LogP) is 7.96. The summed E-state index contributed by atoms with van der Waals surface area (Å²) in [4.78, 5) is 30.2. The number of carbonyl (C=O) groups excluding carboxylic acids is 2. The first kappa shape index (κ1) is 35.0. The number of hydrogen-bond acceptors (Lipinski definition) is 4. The highest BCUT2D eigenvalue weighted by Crippen LogP contribution is 2.31. The van der Waals surface area contributed by atoms with E-state index in [9.17, 15) is 18.0 Å². The van der Waals surface area contributed by atoms with Gasteiger partial charge in [-0.2, -0.15) is 0 Å². The Labute approximate surface area is 295 Å². The van der Waals surface area contributed by atoms with Crippen LogP contribution in [0.5, 0.6) is 0 Å². The molecule has 1 aliphatic rings. The maximum absolute atomic E-state index is 14.6. The molecule has 5 rings (SSSR count). The third kappa shape index (κ3) is 9.16. The van der Waals surface area contributed by atoms with Crippen molar-refractivity contribution >= 4 is 66.7 Å². The molecule has 1 N–H and O–H groups in total. The van der Waals surface area contributed by atoms with Crippen LogP contribution in [0.1, 0.15) is 42.4 Å². The number of carbonyl (C=O) groups is 2. The molecule has 0 aromatic heterocycles. The molecule has 1 atom stereocenters. The predicted molar refractivity (Wildman–Crippen MR) is 191 cm³/mol. The van der Waals surface area contributed by atoms with E-state index < -0.39 is 28.5 Å². The third-order valence-corrected chi connectivity index (χ3v) is 11.0. The number of halogens is 3. The summed E-state index contributed by atoms with van der Waals surface area (Å²) in [5.74, 6) is -0.827. The zero-order valence-corrected chi connectivity index (χ0v) is 29.8. The van der Waals surface area contributed by atoms with Gasteiger partial charge in [-0.3, -0.25) is 13.9 Å². The summed E-state index contributed by atoms with van der Waals surface area (Å²) in [5.41, 5.74) is 2.68. The molecule has 0 spiro atoms. The minimum absolute atomic E-state index is 0.00581. The van der Waals surface area contributed by atoms with Gasteiger partial charge in [-0.05, 0) is 73.4 Å². The van der Waals surface area contributed by atoms with Crippen LogP contribution in [0.25, 0.3) is 0 Å². The zero-order valence-electron chi connectivity index (χ0n) is 25.9. The van der Waals surface area contributed by atoms with Gasteiger partial charge in [-0.25, -0.2) is 8.42 Å². The van der Waals surface area contributed by atoms with Crippen LogP contribution in [0, 0.1) is 6.92 Å². The number of aryl methyl sites for hydroxylation is 1. The molecular weight excluding hydrogens is 721 g/mol. The average Bonchev–Trinajstić information content (AvgIpc) is 3.55. The molecule has 0 heterocycles. The van der Waals surface area contributed by atoms with E-state index in [1.165, 1.54) is 35.2 Å². The first-order valence-corrected chi connectivity index (χ1v) is 18.4. The highest BCUT2D eigenvalue weighted by atomic mass is 79.9. The molecule has 0 saturated heterocycles. The number of rotatable bonds is 12. The van der Waals surface area contributed by atoms with Crippen molar-refractivity contribution in [3.8, 4) is 0 Å². The molecule has 11 heteroatoms. The van der Waals surface area contributed by atoms with Crippen LogP contribution in [-0.4, -0.2) is 43.8 Å². The maximum atomic E-state index is 14.6. The SMILES string of the molecule is Cc1ccc(S(=O)(=O)N(CC(=O)N(Cc2ccc(Br)cc2)[C@@H](Cc2ccccc2)C(=O)NC2CCCC2)c2cc(Cl)cc(Cl)c2)cc1. The number of sulfonamides is 1. The monoisotopic (exact) mass is 755 g/mol. The van der Waals surface area contributed by atoms with E-state index in [0.29, 0.717) is 0 Å². The molecule has 0 aliphatic heterocycles. The van der Waals surface area contributed by atoms with Gasteiger partial charge >= 0.3 is 0 Å². The number of nitrogens with zero attached hydrogens (tertiary/aromatic N) is 2. The van der Waals surface area contributed by atoms with Crippen molar-refractivity contribution in [1.82, 2.24) is 10.2 Å². The summed E-state index contributed by atoms with van der Waals surface area (Å²) >= 11 is 16.1. The first-order chi connectivity index (χ1) is 22.5. The van der Waals surface area contributed by atoms with Crippen molar-refractivity contribution in [1.29, 1.82) is 0 Å². The summed E-state index contributed by atoms with van der Waals surface area (Å²) in [7, 11) is -4.27. The number of benzene rings is 4. The molecule has 246 valence electrons. The quantitative estimate of drug-likeness (QED) is 0.159. The molecular formula is C36H36BrCl2N3O4S. The number of amides is 2. The van der Waals surface area contributed by atoms with Gasteiger partial charge in [0.25, 0.3) is 10.0 Å². The minimum Gasteiger partial charge on any atom is -0.352 e. The lowest BCUT2D eigenvalue weighted by Crippen LogP contribution is -2.54. The van der Waals surface area contributed by atoms with Crippen LogP contribution < -0.4 is 9.62 Å². The number of nitrogens with one attached hydrogen (secondary N) is 1. The molecule has 1 aliphatic carbocycles. The fourth-order valence-corrected chi connectivity index (χ4v) is 7.93. The van der Waals surface area contributed by atoms with Gasteiger partial charge in [0, 0.05) is 33.5 Å². The normalized spacial score (nSPS) is 14.0. The zero-order chi connectivity index (χ0) is 33.6. The Morgan fingerprint density at radius 1 is 0.872 bits per heavy atom. The Balaban J connectivity index is 1.58. The van der Waals surface area contributed by atoms with Gasteiger partial charge in [0.1, 0.15) is 12.6 Å². The maximum Gasteiger partial charge on any atom is 0.264 e. The fourth-order valence-electron chi connectivity index (χ4n) is 5.76. The van der Waals surface area contributed by atoms with Crippen LogP contribution in [-0.2, 0) is 32.6 Å². The smallest absolute Gasteiger partial charge is 0.264 e. The summed E-state index contributed by atoms with van der Waals surface area (Å²) < 4.78 is 30.3. The molecule has 7 nitrogen and oxygen atoms in total. The summed E-state index contributed by atoms with van der Waals surface area (Å²) in [6, 6.07) is 26.9. The van der Waals surface area contributed by atoms with Gasteiger partial charge in [-0.1, -0.05) is 112 Å². The Bertz CT molecular complexity index is 1780. The molecule has 2 amide bonds. The van der Waals surface area contributed by atoms with E-state index in [2.05, 4.69) is 21.2 Å². The second-order valence-corrected chi connectivity index (χ2v) is 15.4. The van der Waals surface area contributed by atoms with E-state index in [1.54, 1.807) is 12.1 Å². The van der Waals surface area contributed by atoms with Crippen molar-refractivity contribution in [2.45, 2.75) is 62.6 Å². The van der Waals surface area contributed by atoms with Gasteiger partial charge in [0.05, 0.1) is 10.6 Å². The number of anilines is 1. The number of hydrogen-bond donors (Lipinski definition) is 1. The van der Waals surface area contributed by atoms with Crippen molar-refractivity contribution in [2.24, 2.45) is 0 Å². The highest BCUT2D eigenvalue weighted by molar-refractivity contribution is 9.10. The lowest BCUT2D eigenvalue weighted by Gasteiger charge is -2.34. The summed E-state index contributed by atoms with van der Waals surface area (Å²) in [5, 5.41) is 3.62. The van der Waals surface area contributed by atoms with E-state index in [0.717, 1.165) is 51.2 Å². The van der Waals surface area contributed by atoms with Crippen molar-refractivity contribution < 1.29 is 18.0 Å². The Morgan fingerprint density at radius 3 is 2.11 bits per heavy atom. The molecule has 1 saturated carbocycles. The van der Waals surface area contributed by atoms with Crippen molar-refractivity contribution in [3.05, 3.63) is 128 Å². The second-order valence-electron chi connectivity index (χ2n) is 11.8. The molecule has 4 aromatic carbocycles. The molecule has 4 aromatic rings. The Kier molecular flexibility index (Phi) is 11.7. The van der Waals surface area contributed by atoms with Crippen molar-refractivity contribution in [3.63, 3.8) is 0 Å². The van der Waals surface area contributed by atoms with E-state index in [1.807, 2.05) is 61.5 Å². The first-order valence-electron chi connectivity index (χ1n) is 15.4. The van der Waals surface area contributed by atoms with Crippen molar-refractivity contribution in [2.75, 3.05) is 10.8 Å². The lowest BCUT2D eigenvalue weighted by molar-refractivity contribution is -0.140. The molecule has 47 heavy (non-hydrogen) atoms. The second kappa shape index (κ2) is 15.7. The van der Waals surface area contributed by atoms with Gasteiger partial charge < -0.3 is 10.2 Å². The topological polar surface area (TPSA) is 86.8 Å². The van der Waals surface area contributed by atoms with Crippen LogP contribution in [0.3, 0.4) is 0 Å². The molecule has 0 radical (unpaired) electrons. The molecule has 0 unspecified atom stereocenters. The van der Waals surface area contributed by atoms with Gasteiger partial charge in [0.2, 0.25) is 11.8 Å². The van der Waals surface area contributed by atoms with Gasteiger partial charge in [-0.15, -0.1) is 0 Å². The Hall–Kier alpha value is -3.37. The average molecular weight is 758 g/mol. The largest absolute Gasteiger partial charge is 0.352 e. The summed E-state index contributed by atoms with van der Waals surface area (Å²) in [6.45, 7) is 1.35. The molecule has 1 fully saturated rings. The minimum atomic E-state index is -4.27. The fraction of sp³-hybridized carbons (Fsp3) is 0.278. The van der Waals surface area contributed by atoms with Crippen LogP contribution in [0.2, 0.25) is 10.0 Å². The van der Waals surface area contributed by atoms with Crippen LogP contribution in [0.15, 0.2) is 106 Å². The van der Waals surface area contributed by atoms with Gasteiger partial charge in [0.15, 0.2) is 0 Å². The highest BCUT2D eigenvalue weighted by Gasteiger charge is 2.35. The van der Waals surface area contributed by atoms with E-state index in [4.69, 9.17) is 23.2 Å². The lowest BCUT2D eigenvalue weighted by atomic mass is 10.0. The molecule has 0 bridgehead atoms. The summed E-state index contributed by atoms with van der Waals surface area (Å²) in [6.07, 6.45) is 4.06. The van der Waals surface area contributed by atoms with E-state index in [-0.39, 0.29) is 45.5 Å². The van der Waals surface area contributed by atoms with E-state index >= 15 is 0 Å². The van der Waals surface area contributed by atoms with Crippen LogP contribution in [0.4, 0.5) is 5.69 Å². The third-order valence-electron chi connectivity index (χ3n) is 8.26. The Morgan fingerprint density at radius 2 is 1.49 bits per heavy atom. The van der Waals surface area contributed by atoms with Crippen LogP contribution >= 0.6 is 39.1 Å².